The smallest absolute Gasteiger partial charge is 0.273 e. The Morgan fingerprint density at radius 3 is 2.69 bits per heavy atom. The van der Waals surface area contributed by atoms with Crippen LogP contribution in [-0.2, 0) is 13.2 Å². The summed E-state index contributed by atoms with van der Waals surface area (Å²) in [6, 6.07) is 5.90. The Morgan fingerprint density at radius 1 is 1.24 bits per heavy atom. The van der Waals surface area contributed by atoms with Gasteiger partial charge in [0, 0.05) is 12.2 Å². The molecule has 3 rings (SSSR count). The normalized spacial score (nSPS) is 11.0. The summed E-state index contributed by atoms with van der Waals surface area (Å²) in [6.45, 7) is 10.9. The SMILES string of the molecule is Cc1cccc(OCc2c(C(=O)NCCn3nc(C)c(Br)c3C)noc2C)c1C. The number of hydrogen-bond acceptors (Lipinski definition) is 5. The van der Waals surface area contributed by atoms with E-state index in [-0.39, 0.29) is 18.2 Å². The van der Waals surface area contributed by atoms with Crippen LogP contribution in [-0.4, -0.2) is 27.4 Å². The van der Waals surface area contributed by atoms with Crippen molar-refractivity contribution >= 4 is 21.8 Å². The van der Waals surface area contributed by atoms with Gasteiger partial charge >= 0.3 is 0 Å². The number of amides is 1. The van der Waals surface area contributed by atoms with Gasteiger partial charge in [0.05, 0.1) is 22.3 Å². The first kappa shape index (κ1) is 21.1. The van der Waals surface area contributed by atoms with Crippen molar-refractivity contribution in [1.82, 2.24) is 20.3 Å². The quantitative estimate of drug-likeness (QED) is 0.571. The number of halogens is 1. The van der Waals surface area contributed by atoms with Gasteiger partial charge in [-0.3, -0.25) is 9.48 Å². The maximum atomic E-state index is 12.6. The average Bonchev–Trinajstić information content (AvgIpc) is 3.17. The van der Waals surface area contributed by atoms with Crippen molar-refractivity contribution in [2.45, 2.75) is 47.8 Å². The van der Waals surface area contributed by atoms with Gasteiger partial charge in [0.1, 0.15) is 18.1 Å². The molecule has 7 nitrogen and oxygen atoms in total. The number of hydrogen-bond donors (Lipinski definition) is 1. The van der Waals surface area contributed by atoms with E-state index >= 15 is 0 Å². The second-order valence-corrected chi connectivity index (χ2v) is 7.81. The van der Waals surface area contributed by atoms with Crippen molar-refractivity contribution in [1.29, 1.82) is 0 Å². The minimum atomic E-state index is -0.290. The molecule has 0 saturated heterocycles. The summed E-state index contributed by atoms with van der Waals surface area (Å²) in [6.07, 6.45) is 0. The summed E-state index contributed by atoms with van der Waals surface area (Å²) < 4.78 is 14.0. The molecule has 0 aliphatic rings. The van der Waals surface area contributed by atoms with Crippen molar-refractivity contribution in [3.05, 3.63) is 62.2 Å². The zero-order valence-corrected chi connectivity index (χ0v) is 18.9. The van der Waals surface area contributed by atoms with Gasteiger partial charge in [-0.05, 0) is 67.7 Å². The molecule has 0 bridgehead atoms. The van der Waals surface area contributed by atoms with Crippen LogP contribution in [0, 0.1) is 34.6 Å². The van der Waals surface area contributed by atoms with Crippen molar-refractivity contribution < 1.29 is 14.1 Å². The van der Waals surface area contributed by atoms with Crippen molar-refractivity contribution in [2.24, 2.45) is 0 Å². The maximum Gasteiger partial charge on any atom is 0.273 e. The van der Waals surface area contributed by atoms with E-state index in [0.717, 1.165) is 32.7 Å². The van der Waals surface area contributed by atoms with E-state index < -0.39 is 0 Å². The average molecular weight is 461 g/mol. The molecule has 3 aromatic rings. The van der Waals surface area contributed by atoms with Crippen LogP contribution in [0.25, 0.3) is 0 Å². The summed E-state index contributed by atoms with van der Waals surface area (Å²) in [5.74, 6) is 1.07. The highest BCUT2D eigenvalue weighted by Crippen LogP contribution is 2.23. The molecule has 0 saturated carbocycles. The van der Waals surface area contributed by atoms with Gasteiger partial charge in [-0.1, -0.05) is 17.3 Å². The van der Waals surface area contributed by atoms with Crippen LogP contribution < -0.4 is 10.1 Å². The third kappa shape index (κ3) is 4.53. The largest absolute Gasteiger partial charge is 0.488 e. The molecular formula is C21H25BrN4O3. The molecule has 0 radical (unpaired) electrons. The first-order chi connectivity index (χ1) is 13.8. The fourth-order valence-electron chi connectivity index (χ4n) is 3.02. The molecular weight excluding hydrogens is 436 g/mol. The fraction of sp³-hybridized carbons (Fsp3) is 0.381. The van der Waals surface area contributed by atoms with E-state index in [4.69, 9.17) is 9.26 Å². The Kier molecular flexibility index (Phi) is 6.42. The van der Waals surface area contributed by atoms with Gasteiger partial charge in [-0.25, -0.2) is 0 Å². The van der Waals surface area contributed by atoms with Gasteiger partial charge in [0.25, 0.3) is 5.91 Å². The lowest BCUT2D eigenvalue weighted by Crippen LogP contribution is -2.29. The molecule has 1 N–H and O–H groups in total. The predicted molar refractivity (Wildman–Crippen MR) is 113 cm³/mol. The van der Waals surface area contributed by atoms with Gasteiger partial charge in [0.2, 0.25) is 0 Å². The van der Waals surface area contributed by atoms with E-state index in [1.807, 2.05) is 50.6 Å². The summed E-state index contributed by atoms with van der Waals surface area (Å²) in [4.78, 5) is 12.6. The summed E-state index contributed by atoms with van der Waals surface area (Å²) in [5.41, 5.74) is 5.07. The molecule has 29 heavy (non-hydrogen) atoms. The number of aryl methyl sites for hydroxylation is 3. The highest BCUT2D eigenvalue weighted by atomic mass is 79.9. The number of nitrogens with zero attached hydrogens (tertiary/aromatic N) is 3. The standard InChI is InChI=1S/C21H25BrN4O3/c1-12-7-6-8-18(13(12)2)28-11-17-16(5)29-25-20(17)21(27)23-9-10-26-15(4)19(22)14(3)24-26/h6-8H,9-11H2,1-5H3,(H,23,27). The Labute approximate surface area is 178 Å². The highest BCUT2D eigenvalue weighted by molar-refractivity contribution is 9.10. The van der Waals surface area contributed by atoms with Gasteiger partial charge in [-0.15, -0.1) is 0 Å². The summed E-state index contributed by atoms with van der Waals surface area (Å²) >= 11 is 3.51. The molecule has 0 fully saturated rings. The van der Waals surface area contributed by atoms with E-state index in [0.29, 0.717) is 24.4 Å². The summed E-state index contributed by atoms with van der Waals surface area (Å²) in [7, 11) is 0. The van der Waals surface area contributed by atoms with Crippen LogP contribution in [0.2, 0.25) is 0 Å². The Balaban J connectivity index is 1.64. The zero-order chi connectivity index (χ0) is 21.1. The van der Waals surface area contributed by atoms with Crippen LogP contribution in [0.1, 0.15) is 44.3 Å². The third-order valence-corrected chi connectivity index (χ3v) is 6.18. The van der Waals surface area contributed by atoms with E-state index in [1.165, 1.54) is 0 Å². The summed E-state index contributed by atoms with van der Waals surface area (Å²) in [5, 5.41) is 11.3. The molecule has 154 valence electrons. The van der Waals surface area contributed by atoms with Crippen LogP contribution in [0.4, 0.5) is 0 Å². The lowest BCUT2D eigenvalue weighted by Gasteiger charge is -2.11. The molecule has 8 heteroatoms. The number of aromatic nitrogens is 3. The first-order valence-electron chi connectivity index (χ1n) is 9.41. The monoisotopic (exact) mass is 460 g/mol. The molecule has 2 aromatic heterocycles. The highest BCUT2D eigenvalue weighted by Gasteiger charge is 2.20. The molecule has 1 amide bonds. The molecule has 2 heterocycles. The molecule has 0 atom stereocenters. The van der Waals surface area contributed by atoms with E-state index in [2.05, 4.69) is 31.5 Å². The predicted octanol–water partition coefficient (Wildman–Crippen LogP) is 4.18. The Morgan fingerprint density at radius 2 is 2.00 bits per heavy atom. The number of ether oxygens (including phenoxy) is 1. The number of carbonyl (C=O) groups excluding carboxylic acids is 1. The minimum Gasteiger partial charge on any atom is -0.488 e. The number of carbonyl (C=O) groups is 1. The molecule has 0 unspecified atom stereocenters. The fourth-order valence-corrected chi connectivity index (χ4v) is 3.31. The topological polar surface area (TPSA) is 82.2 Å². The van der Waals surface area contributed by atoms with Crippen LogP contribution in [0.3, 0.4) is 0 Å². The Hall–Kier alpha value is -2.61. The van der Waals surface area contributed by atoms with Gasteiger partial charge in [-0.2, -0.15) is 5.10 Å². The van der Waals surface area contributed by atoms with Gasteiger partial charge in [0.15, 0.2) is 5.69 Å². The molecule has 1 aromatic carbocycles. The number of benzene rings is 1. The lowest BCUT2D eigenvalue weighted by atomic mass is 10.1. The maximum absolute atomic E-state index is 12.6. The third-order valence-electron chi connectivity index (χ3n) is 5.03. The van der Waals surface area contributed by atoms with Crippen LogP contribution >= 0.6 is 15.9 Å². The van der Waals surface area contributed by atoms with Crippen molar-refractivity contribution in [3.8, 4) is 5.75 Å². The van der Waals surface area contributed by atoms with E-state index in [9.17, 15) is 4.79 Å². The molecule has 0 aliphatic heterocycles. The van der Waals surface area contributed by atoms with Gasteiger partial charge < -0.3 is 14.6 Å². The molecule has 0 aliphatic carbocycles. The lowest BCUT2D eigenvalue weighted by molar-refractivity contribution is 0.0940. The van der Waals surface area contributed by atoms with Crippen LogP contribution in [0.5, 0.6) is 5.75 Å². The zero-order valence-electron chi connectivity index (χ0n) is 17.3. The van der Waals surface area contributed by atoms with E-state index in [1.54, 1.807) is 6.92 Å². The second-order valence-electron chi connectivity index (χ2n) is 7.02. The number of rotatable bonds is 7. The van der Waals surface area contributed by atoms with Crippen molar-refractivity contribution in [2.75, 3.05) is 6.54 Å². The minimum absolute atomic E-state index is 0.215. The second kappa shape index (κ2) is 8.82. The van der Waals surface area contributed by atoms with Crippen LogP contribution in [0.15, 0.2) is 27.2 Å². The number of nitrogens with one attached hydrogen (secondary N) is 1. The first-order valence-corrected chi connectivity index (χ1v) is 10.2. The Bertz CT molecular complexity index is 1040. The molecule has 0 spiro atoms. The van der Waals surface area contributed by atoms with Crippen molar-refractivity contribution in [3.63, 3.8) is 0 Å².